The van der Waals surface area contributed by atoms with Gasteiger partial charge in [0, 0.05) is 18.3 Å². The number of hydrogen-bond acceptors (Lipinski definition) is 6. The number of aliphatic hydroxyl groups is 2. The van der Waals surface area contributed by atoms with Crippen molar-refractivity contribution >= 4 is 17.5 Å². The fraction of sp³-hybridized carbons (Fsp3) is 0.633. The number of ketones is 2. The van der Waals surface area contributed by atoms with Gasteiger partial charge in [-0.25, -0.2) is 0 Å². The zero-order chi connectivity index (χ0) is 25.7. The Morgan fingerprint density at radius 2 is 1.83 bits per heavy atom. The first-order chi connectivity index (χ1) is 17.1. The Balaban J connectivity index is 1.28. The molecule has 0 saturated heterocycles. The van der Waals surface area contributed by atoms with Gasteiger partial charge in [-0.2, -0.15) is 0 Å². The summed E-state index contributed by atoms with van der Waals surface area (Å²) in [7, 11) is 0. The van der Waals surface area contributed by atoms with E-state index in [2.05, 4.69) is 6.92 Å². The Kier molecular flexibility index (Phi) is 6.49. The van der Waals surface area contributed by atoms with Crippen molar-refractivity contribution in [2.24, 2.45) is 28.6 Å². The molecule has 7 atom stereocenters. The van der Waals surface area contributed by atoms with E-state index >= 15 is 0 Å². The van der Waals surface area contributed by atoms with Gasteiger partial charge >= 0.3 is 5.97 Å². The number of aryl methyl sites for hydroxylation is 1. The molecule has 6 heteroatoms. The van der Waals surface area contributed by atoms with E-state index in [1.165, 1.54) is 0 Å². The van der Waals surface area contributed by atoms with Crippen molar-refractivity contribution < 1.29 is 29.3 Å². The summed E-state index contributed by atoms with van der Waals surface area (Å²) in [4.78, 5) is 37.7. The Hall–Kier alpha value is -2.31. The highest BCUT2D eigenvalue weighted by atomic mass is 16.5. The molecule has 0 radical (unpaired) electrons. The minimum atomic E-state index is -1.62. The minimum Gasteiger partial charge on any atom is -0.458 e. The van der Waals surface area contributed by atoms with E-state index in [0.717, 1.165) is 30.4 Å². The molecule has 5 rings (SSSR count). The van der Waals surface area contributed by atoms with Crippen LogP contribution in [0.4, 0.5) is 0 Å². The molecule has 0 heterocycles. The molecule has 0 amide bonds. The molecule has 1 aromatic rings. The average Bonchev–Trinajstić information content (AvgIpc) is 3.13. The van der Waals surface area contributed by atoms with Gasteiger partial charge in [0.05, 0.1) is 6.10 Å². The fourth-order valence-corrected chi connectivity index (χ4v) is 8.38. The second-order valence-corrected chi connectivity index (χ2v) is 12.0. The third-order valence-corrected chi connectivity index (χ3v) is 10.3. The number of benzene rings is 1. The van der Waals surface area contributed by atoms with Gasteiger partial charge in [0.1, 0.15) is 5.60 Å². The van der Waals surface area contributed by atoms with E-state index < -0.39 is 35.5 Å². The van der Waals surface area contributed by atoms with E-state index in [0.29, 0.717) is 32.1 Å². The summed E-state index contributed by atoms with van der Waals surface area (Å²) in [6, 6.07) is 9.63. The molecule has 4 aliphatic carbocycles. The molecule has 1 aromatic carbocycles. The number of carbonyl (C=O) groups is 3. The third kappa shape index (κ3) is 3.97. The Morgan fingerprint density at radius 3 is 2.58 bits per heavy atom. The molecule has 194 valence electrons. The number of carbonyl (C=O) groups excluding carboxylic acids is 3. The molecular weight excluding hydrogens is 456 g/mol. The number of Topliss-reactive ketones (excluding diaryl/α,β-unsaturated/α-hetero) is 1. The van der Waals surface area contributed by atoms with Gasteiger partial charge in [0.2, 0.25) is 5.78 Å². The van der Waals surface area contributed by atoms with Crippen molar-refractivity contribution in [1.29, 1.82) is 0 Å². The van der Waals surface area contributed by atoms with Crippen molar-refractivity contribution in [3.63, 3.8) is 0 Å². The molecule has 3 fully saturated rings. The zero-order valence-electron chi connectivity index (χ0n) is 21.4. The Morgan fingerprint density at radius 1 is 1.08 bits per heavy atom. The molecule has 0 aromatic heterocycles. The number of allylic oxidation sites excluding steroid dienone is 1. The number of ether oxygens (including phenoxy) is 1. The van der Waals surface area contributed by atoms with Crippen LogP contribution in [0.1, 0.15) is 70.8 Å². The highest BCUT2D eigenvalue weighted by molar-refractivity contribution is 5.92. The van der Waals surface area contributed by atoms with Gasteiger partial charge in [0.15, 0.2) is 12.4 Å². The van der Waals surface area contributed by atoms with E-state index in [1.807, 2.05) is 37.3 Å². The molecule has 4 aliphatic rings. The minimum absolute atomic E-state index is 0.0249. The Bertz CT molecular complexity index is 1080. The normalized spacial score (nSPS) is 39.4. The molecule has 2 N–H and O–H groups in total. The van der Waals surface area contributed by atoms with E-state index in [-0.39, 0.29) is 35.4 Å². The van der Waals surface area contributed by atoms with Crippen LogP contribution in [0, 0.1) is 28.6 Å². The van der Waals surface area contributed by atoms with E-state index in [1.54, 1.807) is 6.08 Å². The fourth-order valence-electron chi connectivity index (χ4n) is 8.38. The second-order valence-electron chi connectivity index (χ2n) is 12.0. The molecule has 3 saturated carbocycles. The molecule has 6 nitrogen and oxygen atoms in total. The van der Waals surface area contributed by atoms with Gasteiger partial charge in [0.25, 0.3) is 0 Å². The summed E-state index contributed by atoms with van der Waals surface area (Å²) in [5.41, 5.74) is -0.421. The SMILES string of the molecule is C[C@]12CCC(=O)C=C1CC[C@@H]1[C@@H]2[C@@H](O)C[C@@]2(C)[C@H]1CC[C@]2(O)C(=O)COC(=O)CCc1ccccc1. The first-order valence-electron chi connectivity index (χ1n) is 13.5. The maximum atomic E-state index is 13.3. The van der Waals surface area contributed by atoms with Gasteiger partial charge in [-0.15, -0.1) is 0 Å². The van der Waals surface area contributed by atoms with Gasteiger partial charge in [-0.3, -0.25) is 14.4 Å². The molecule has 0 bridgehead atoms. The van der Waals surface area contributed by atoms with Crippen LogP contribution in [0.2, 0.25) is 0 Å². The number of fused-ring (bicyclic) bond motifs is 5. The first kappa shape index (κ1) is 25.3. The van der Waals surface area contributed by atoms with Crippen molar-refractivity contribution in [3.05, 3.63) is 47.5 Å². The van der Waals surface area contributed by atoms with Crippen LogP contribution in [0.3, 0.4) is 0 Å². The average molecular weight is 495 g/mol. The van der Waals surface area contributed by atoms with Crippen LogP contribution in [0.25, 0.3) is 0 Å². The maximum Gasteiger partial charge on any atom is 0.306 e. The highest BCUT2D eigenvalue weighted by Crippen LogP contribution is 2.67. The number of aliphatic hydroxyl groups excluding tert-OH is 1. The molecular formula is C30H38O6. The monoisotopic (exact) mass is 494 g/mol. The standard InChI is InChI=1S/C30H38O6/c1-28-14-12-21(31)16-20(28)9-10-22-23-13-15-30(35,29(23,2)17-24(32)27(22)28)25(33)18-36-26(34)11-8-19-6-4-3-5-7-19/h3-7,16,22-24,27,32,35H,8-15,17-18H2,1-2H3/t22-,23-,24-,27+,28-,29-,30-/m0/s1. The molecule has 0 unspecified atom stereocenters. The number of hydrogen-bond donors (Lipinski definition) is 2. The summed E-state index contributed by atoms with van der Waals surface area (Å²) >= 11 is 0. The lowest BCUT2D eigenvalue weighted by Gasteiger charge is -2.60. The van der Waals surface area contributed by atoms with Crippen LogP contribution in [-0.4, -0.2) is 46.1 Å². The first-order valence-corrected chi connectivity index (χ1v) is 13.5. The third-order valence-electron chi connectivity index (χ3n) is 10.3. The molecule has 36 heavy (non-hydrogen) atoms. The maximum absolute atomic E-state index is 13.3. The highest BCUT2D eigenvalue weighted by Gasteiger charge is 2.68. The van der Waals surface area contributed by atoms with E-state index in [4.69, 9.17) is 4.74 Å². The summed E-state index contributed by atoms with van der Waals surface area (Å²) in [6.45, 7) is 3.69. The lowest BCUT2D eigenvalue weighted by Crippen LogP contribution is -2.62. The van der Waals surface area contributed by atoms with Crippen molar-refractivity contribution in [3.8, 4) is 0 Å². The smallest absolute Gasteiger partial charge is 0.306 e. The zero-order valence-corrected chi connectivity index (χ0v) is 21.4. The van der Waals surface area contributed by atoms with Crippen molar-refractivity contribution in [2.75, 3.05) is 6.61 Å². The number of esters is 1. The topological polar surface area (TPSA) is 101 Å². The number of rotatable bonds is 6. The van der Waals surface area contributed by atoms with Crippen molar-refractivity contribution in [2.45, 2.75) is 83.3 Å². The quantitative estimate of drug-likeness (QED) is 0.581. The summed E-state index contributed by atoms with van der Waals surface area (Å²) in [5, 5.41) is 23.2. The summed E-state index contributed by atoms with van der Waals surface area (Å²) in [5.74, 6) is -0.427. The Labute approximate surface area is 213 Å². The second kappa shape index (κ2) is 9.21. The lowest BCUT2D eigenvalue weighted by atomic mass is 9.45. The van der Waals surface area contributed by atoms with Crippen LogP contribution in [0.15, 0.2) is 42.0 Å². The van der Waals surface area contributed by atoms with Crippen molar-refractivity contribution in [1.82, 2.24) is 0 Å². The summed E-state index contributed by atoms with van der Waals surface area (Å²) in [6.07, 6.45) is 6.17. The molecule has 0 spiro atoms. The lowest BCUT2D eigenvalue weighted by molar-refractivity contribution is -0.184. The van der Waals surface area contributed by atoms with Gasteiger partial charge in [-0.1, -0.05) is 49.8 Å². The van der Waals surface area contributed by atoms with Gasteiger partial charge < -0.3 is 14.9 Å². The van der Waals surface area contributed by atoms with Crippen LogP contribution in [-0.2, 0) is 25.5 Å². The van der Waals surface area contributed by atoms with Crippen LogP contribution < -0.4 is 0 Å². The molecule has 0 aliphatic heterocycles. The summed E-state index contributed by atoms with van der Waals surface area (Å²) < 4.78 is 5.31. The predicted molar refractivity (Wildman–Crippen MR) is 134 cm³/mol. The van der Waals surface area contributed by atoms with E-state index in [9.17, 15) is 24.6 Å². The van der Waals surface area contributed by atoms with Crippen LogP contribution >= 0.6 is 0 Å². The largest absolute Gasteiger partial charge is 0.458 e. The predicted octanol–water partition coefficient (Wildman–Crippen LogP) is 3.97. The van der Waals surface area contributed by atoms with Gasteiger partial charge in [-0.05, 0) is 79.8 Å². The van der Waals surface area contributed by atoms with Crippen LogP contribution in [0.5, 0.6) is 0 Å².